The van der Waals surface area contributed by atoms with Gasteiger partial charge in [0.15, 0.2) is 5.82 Å². The fraction of sp³-hybridized carbons (Fsp3) is 0.154. The lowest BCUT2D eigenvalue weighted by Crippen LogP contribution is -2.21. The second kappa shape index (κ2) is 6.60. The van der Waals surface area contributed by atoms with Gasteiger partial charge in [-0.05, 0) is 18.2 Å². The summed E-state index contributed by atoms with van der Waals surface area (Å²) in [6.07, 6.45) is 3.41. The first-order chi connectivity index (χ1) is 10.0. The zero-order valence-electron chi connectivity index (χ0n) is 11.5. The van der Waals surface area contributed by atoms with E-state index in [4.69, 9.17) is 29.0 Å². The van der Waals surface area contributed by atoms with Crippen LogP contribution in [0.5, 0.6) is 0 Å². The van der Waals surface area contributed by atoms with Gasteiger partial charge in [0.1, 0.15) is 0 Å². The molecule has 0 saturated carbocycles. The van der Waals surface area contributed by atoms with Crippen LogP contribution in [-0.2, 0) is 0 Å². The molecule has 8 heteroatoms. The van der Waals surface area contributed by atoms with Crippen molar-refractivity contribution in [2.75, 3.05) is 14.1 Å². The summed E-state index contributed by atoms with van der Waals surface area (Å²) in [5.41, 5.74) is 2.31. The predicted molar refractivity (Wildman–Crippen MR) is 85.8 cm³/mol. The third-order valence-corrected chi connectivity index (χ3v) is 3.48. The number of nitrogens with two attached hydrogens (primary N) is 1. The van der Waals surface area contributed by atoms with E-state index in [2.05, 4.69) is 20.6 Å². The number of nitrogens with zero attached hydrogens (tertiary/aromatic N) is 4. The molecule has 1 aliphatic heterocycles. The highest BCUT2D eigenvalue weighted by atomic mass is 35.5. The molecule has 0 fully saturated rings. The Morgan fingerprint density at radius 2 is 2.05 bits per heavy atom. The third-order valence-electron chi connectivity index (χ3n) is 2.74. The van der Waals surface area contributed by atoms with Crippen molar-refractivity contribution in [3.8, 4) is 0 Å². The van der Waals surface area contributed by atoms with Crippen molar-refractivity contribution >= 4 is 35.2 Å². The number of hydrogen-bond donors (Lipinski definition) is 2. The van der Waals surface area contributed by atoms with Gasteiger partial charge in [-0.15, -0.1) is 5.11 Å². The minimum atomic E-state index is 0.476. The van der Waals surface area contributed by atoms with E-state index in [1.54, 1.807) is 23.4 Å². The first-order valence-corrected chi connectivity index (χ1v) is 6.77. The molecular weight excluding hydrogens is 311 g/mol. The second-order valence-electron chi connectivity index (χ2n) is 4.41. The molecule has 1 aromatic carbocycles. The zero-order chi connectivity index (χ0) is 15.4. The van der Waals surface area contributed by atoms with Crippen molar-refractivity contribution in [2.45, 2.75) is 0 Å². The molecule has 3 N–H and O–H groups in total. The summed E-state index contributed by atoms with van der Waals surface area (Å²) in [4.78, 5) is 6.08. The standard InChI is InChI=1S/C13H14Cl2N6/c1-21(2)13(19-20-16)12-6-11(17-7-18-12)8-3-4-9(14)10(15)5-8/h3-7H,1-2H3,(H2,16,19)(H,17,18). The van der Waals surface area contributed by atoms with E-state index in [-0.39, 0.29) is 0 Å². The Bertz CT molecular complexity index is 661. The Morgan fingerprint density at radius 1 is 1.29 bits per heavy atom. The smallest absolute Gasteiger partial charge is 0.176 e. The Balaban J connectivity index is 2.47. The van der Waals surface area contributed by atoms with Crippen LogP contribution in [0.3, 0.4) is 0 Å². The maximum absolute atomic E-state index is 6.04. The van der Waals surface area contributed by atoms with Gasteiger partial charge in [0.05, 0.1) is 27.8 Å². The molecule has 1 aromatic rings. The first kappa shape index (κ1) is 15.3. The lowest BCUT2D eigenvalue weighted by Gasteiger charge is -2.18. The molecular formula is C13H14Cl2N6. The summed E-state index contributed by atoms with van der Waals surface area (Å²) in [6, 6.07) is 5.34. The fourth-order valence-corrected chi connectivity index (χ4v) is 2.07. The molecule has 0 bridgehead atoms. The second-order valence-corrected chi connectivity index (χ2v) is 5.22. The monoisotopic (exact) mass is 324 g/mol. The van der Waals surface area contributed by atoms with Gasteiger partial charge in [-0.1, -0.05) is 34.5 Å². The van der Waals surface area contributed by atoms with E-state index in [1.807, 2.05) is 26.2 Å². The Kier molecular flexibility index (Phi) is 4.82. The molecule has 21 heavy (non-hydrogen) atoms. The lowest BCUT2D eigenvalue weighted by molar-refractivity contribution is 0.489. The molecule has 0 amide bonds. The van der Waals surface area contributed by atoms with Gasteiger partial charge in [-0.3, -0.25) is 0 Å². The van der Waals surface area contributed by atoms with Gasteiger partial charge in [-0.25, -0.2) is 4.99 Å². The minimum Gasteiger partial charge on any atom is -0.359 e. The quantitative estimate of drug-likeness (QED) is 0.509. The highest BCUT2D eigenvalue weighted by Gasteiger charge is 2.12. The molecule has 6 nitrogen and oxygen atoms in total. The Labute approximate surface area is 132 Å². The van der Waals surface area contributed by atoms with Crippen LogP contribution in [0.25, 0.3) is 5.70 Å². The zero-order valence-corrected chi connectivity index (χ0v) is 13.0. The van der Waals surface area contributed by atoms with Crippen LogP contribution < -0.4 is 11.2 Å². The van der Waals surface area contributed by atoms with Crippen LogP contribution in [0.1, 0.15) is 5.56 Å². The van der Waals surface area contributed by atoms with Crippen molar-refractivity contribution in [1.82, 2.24) is 10.2 Å². The SMILES string of the molecule is CN(C)C(N=NN)=C1C=C(c2ccc(Cl)c(Cl)c2)N=CN1. The molecule has 2 rings (SSSR count). The van der Waals surface area contributed by atoms with Gasteiger partial charge < -0.3 is 16.1 Å². The van der Waals surface area contributed by atoms with Crippen LogP contribution in [0.4, 0.5) is 0 Å². The van der Waals surface area contributed by atoms with Crippen molar-refractivity contribution in [3.63, 3.8) is 0 Å². The Hall–Kier alpha value is -2.05. The highest BCUT2D eigenvalue weighted by Crippen LogP contribution is 2.28. The maximum Gasteiger partial charge on any atom is 0.176 e. The first-order valence-electron chi connectivity index (χ1n) is 6.01. The third kappa shape index (κ3) is 3.53. The van der Waals surface area contributed by atoms with E-state index < -0.39 is 0 Å². The molecule has 0 aliphatic carbocycles. The highest BCUT2D eigenvalue weighted by molar-refractivity contribution is 6.42. The van der Waals surface area contributed by atoms with Gasteiger partial charge in [0, 0.05) is 19.7 Å². The van der Waals surface area contributed by atoms with E-state index in [0.29, 0.717) is 15.9 Å². The summed E-state index contributed by atoms with van der Waals surface area (Å²) in [7, 11) is 3.69. The van der Waals surface area contributed by atoms with Gasteiger partial charge in [0.25, 0.3) is 0 Å². The average molecular weight is 325 g/mol. The van der Waals surface area contributed by atoms with Gasteiger partial charge in [-0.2, -0.15) is 0 Å². The maximum atomic E-state index is 6.04. The van der Waals surface area contributed by atoms with Crippen LogP contribution in [0, 0.1) is 0 Å². The summed E-state index contributed by atoms with van der Waals surface area (Å²) in [5.74, 6) is 5.72. The summed E-state index contributed by atoms with van der Waals surface area (Å²) < 4.78 is 0. The molecule has 0 aromatic heterocycles. The van der Waals surface area contributed by atoms with E-state index in [1.165, 1.54) is 0 Å². The van der Waals surface area contributed by atoms with Crippen molar-refractivity contribution in [1.29, 1.82) is 0 Å². The van der Waals surface area contributed by atoms with Crippen LogP contribution in [-0.4, -0.2) is 25.3 Å². The number of nitrogens with one attached hydrogen (secondary N) is 1. The largest absolute Gasteiger partial charge is 0.359 e. The van der Waals surface area contributed by atoms with Gasteiger partial charge in [0.2, 0.25) is 0 Å². The summed E-state index contributed by atoms with van der Waals surface area (Å²) >= 11 is 12.0. The van der Waals surface area contributed by atoms with E-state index in [9.17, 15) is 0 Å². The number of benzene rings is 1. The van der Waals surface area contributed by atoms with Crippen molar-refractivity contribution in [3.05, 3.63) is 51.4 Å². The van der Waals surface area contributed by atoms with Gasteiger partial charge >= 0.3 is 0 Å². The minimum absolute atomic E-state index is 0.476. The molecule has 0 saturated heterocycles. The van der Waals surface area contributed by atoms with Crippen LogP contribution in [0.15, 0.2) is 51.1 Å². The van der Waals surface area contributed by atoms with E-state index in [0.717, 1.165) is 17.0 Å². The molecule has 0 radical (unpaired) electrons. The Morgan fingerprint density at radius 3 is 2.67 bits per heavy atom. The van der Waals surface area contributed by atoms with E-state index >= 15 is 0 Å². The van der Waals surface area contributed by atoms with Crippen molar-refractivity contribution in [2.24, 2.45) is 21.2 Å². The van der Waals surface area contributed by atoms with Crippen molar-refractivity contribution < 1.29 is 0 Å². The topological polar surface area (TPSA) is 78.4 Å². The predicted octanol–water partition coefficient (Wildman–Crippen LogP) is 3.02. The van der Waals surface area contributed by atoms with Crippen LogP contribution in [0.2, 0.25) is 10.0 Å². The summed E-state index contributed by atoms with van der Waals surface area (Å²) in [6.45, 7) is 0. The molecule has 1 aliphatic rings. The number of halogens is 2. The van der Waals surface area contributed by atoms with Crippen LogP contribution >= 0.6 is 23.2 Å². The summed E-state index contributed by atoms with van der Waals surface area (Å²) in [5, 5.41) is 11.2. The molecule has 1 heterocycles. The molecule has 0 unspecified atom stereocenters. The molecule has 0 spiro atoms. The lowest BCUT2D eigenvalue weighted by atomic mass is 10.1. The normalized spacial score (nSPS) is 16.7. The molecule has 0 atom stereocenters. The average Bonchev–Trinajstić information content (AvgIpc) is 2.47. The fourth-order valence-electron chi connectivity index (χ4n) is 1.77. The molecule has 110 valence electrons. The number of hydrogen-bond acceptors (Lipinski definition) is 5. The number of aliphatic imine (C=N–C) groups is 1. The number of rotatable bonds is 3. The number of allylic oxidation sites excluding steroid dienone is 1.